The third-order valence-electron chi connectivity index (χ3n) is 4.37. The minimum absolute atomic E-state index is 0. The lowest BCUT2D eigenvalue weighted by atomic mass is 10.1. The van der Waals surface area contributed by atoms with Gasteiger partial charge < -0.3 is 4.90 Å². The molecular weight excluding hydrogens is 442 g/mol. The van der Waals surface area contributed by atoms with Crippen LogP contribution in [0.4, 0.5) is 11.4 Å². The number of non-ortho nitro benzene ring substituents is 1. The first-order valence-corrected chi connectivity index (χ1v) is 9.88. The second-order valence-corrected chi connectivity index (χ2v) is 7.26. The van der Waals surface area contributed by atoms with Crippen molar-refractivity contribution in [3.05, 3.63) is 69.8 Å². The molecule has 0 atom stereocenters. The summed E-state index contributed by atoms with van der Waals surface area (Å²) in [6.45, 7) is 3.01. The Balaban J connectivity index is 0.00000280. The van der Waals surface area contributed by atoms with Crippen LogP contribution in [0.3, 0.4) is 0 Å². The zero-order valence-electron chi connectivity index (χ0n) is 15.5. The van der Waals surface area contributed by atoms with Crippen LogP contribution in [0.25, 0.3) is 0 Å². The third kappa shape index (κ3) is 5.42. The highest BCUT2D eigenvalue weighted by Crippen LogP contribution is 2.24. The van der Waals surface area contributed by atoms with Crippen molar-refractivity contribution in [2.75, 3.05) is 23.7 Å². The van der Waals surface area contributed by atoms with Crippen LogP contribution in [0, 0.1) is 10.1 Å². The van der Waals surface area contributed by atoms with E-state index < -0.39 is 4.92 Å². The smallest absolute Gasteiger partial charge is 0.269 e. The number of carbonyl (C=O) groups is 1. The van der Waals surface area contributed by atoms with Crippen molar-refractivity contribution >= 4 is 51.1 Å². The second kappa shape index (κ2) is 10.4. The molecule has 0 amide bonds. The number of hydrogen-bond acceptors (Lipinski definition) is 6. The van der Waals surface area contributed by atoms with Gasteiger partial charge in [0.25, 0.3) is 5.69 Å². The molecule has 0 saturated carbocycles. The van der Waals surface area contributed by atoms with Gasteiger partial charge in [0.2, 0.25) is 0 Å². The molecule has 0 aromatic heterocycles. The molecule has 2 aromatic carbocycles. The first-order chi connectivity index (χ1) is 13.1. The van der Waals surface area contributed by atoms with Crippen LogP contribution in [-0.2, 0) is 6.42 Å². The number of nitrogens with zero attached hydrogens (tertiary/aromatic N) is 3. The third-order valence-corrected chi connectivity index (χ3v) is 5.47. The van der Waals surface area contributed by atoms with Gasteiger partial charge in [0.15, 0.2) is 11.0 Å². The van der Waals surface area contributed by atoms with E-state index in [4.69, 9.17) is 0 Å². The molecule has 2 aromatic rings. The van der Waals surface area contributed by atoms with Gasteiger partial charge >= 0.3 is 0 Å². The van der Waals surface area contributed by atoms with Gasteiger partial charge in [-0.05, 0) is 42.7 Å². The van der Waals surface area contributed by atoms with E-state index in [-0.39, 0.29) is 35.0 Å². The van der Waals surface area contributed by atoms with Crippen LogP contribution in [0.5, 0.6) is 0 Å². The zero-order valence-corrected chi connectivity index (χ0v) is 18.1. The van der Waals surface area contributed by atoms with Crippen molar-refractivity contribution in [1.29, 1.82) is 0 Å². The first kappa shape index (κ1) is 22.1. The summed E-state index contributed by atoms with van der Waals surface area (Å²) in [6.07, 6.45) is 1.99. The maximum atomic E-state index is 12.8. The lowest BCUT2D eigenvalue weighted by Gasteiger charge is -2.27. The van der Waals surface area contributed by atoms with Crippen molar-refractivity contribution in [2.45, 2.75) is 19.8 Å². The van der Waals surface area contributed by atoms with Crippen LogP contribution >= 0.6 is 28.7 Å². The molecule has 0 N–H and O–H groups in total. The molecule has 0 saturated heterocycles. The Morgan fingerprint density at radius 2 is 1.86 bits per heavy atom. The summed E-state index contributed by atoms with van der Waals surface area (Å²) in [5.74, 6) is 0.881. The van der Waals surface area contributed by atoms with Crippen molar-refractivity contribution in [1.82, 2.24) is 0 Å². The summed E-state index contributed by atoms with van der Waals surface area (Å²) in [5, 5.41) is 11.6. The Bertz CT molecular complexity index is 854. The molecule has 148 valence electrons. The Hall–Kier alpha value is -2.19. The number of ketones is 1. The number of halogens is 1. The zero-order chi connectivity index (χ0) is 19.2. The Morgan fingerprint density at radius 1 is 1.18 bits per heavy atom. The fraction of sp³-hybridized carbons (Fsp3) is 0.300. The number of aryl methyl sites for hydroxylation is 1. The van der Waals surface area contributed by atoms with Crippen molar-refractivity contribution < 1.29 is 9.72 Å². The average Bonchev–Trinajstić information content (AvgIpc) is 2.72. The van der Waals surface area contributed by atoms with Gasteiger partial charge in [-0.2, -0.15) is 0 Å². The standard InChI is InChI=1S/C20H21N3O3S.BrH/c1-2-15-4-8-17(9-5-15)22(20-21-12-3-13-27-20)14-19(24)16-6-10-18(11-7-16)23(25)26;/h4-11H,2-3,12-14H2,1H3;1H. The average molecular weight is 464 g/mol. The van der Waals surface area contributed by atoms with E-state index in [2.05, 4.69) is 24.0 Å². The summed E-state index contributed by atoms with van der Waals surface area (Å²) in [5.41, 5.74) is 2.59. The van der Waals surface area contributed by atoms with Gasteiger partial charge in [0, 0.05) is 35.7 Å². The van der Waals surface area contributed by atoms with Gasteiger partial charge in [-0.3, -0.25) is 19.9 Å². The van der Waals surface area contributed by atoms with E-state index in [1.807, 2.05) is 17.0 Å². The van der Waals surface area contributed by atoms with E-state index in [0.717, 1.165) is 36.0 Å². The molecule has 0 spiro atoms. The number of aliphatic imine (C=N–C) groups is 1. The highest BCUT2D eigenvalue weighted by molar-refractivity contribution is 8.93. The van der Waals surface area contributed by atoms with Gasteiger partial charge in [0.05, 0.1) is 11.5 Å². The van der Waals surface area contributed by atoms with Gasteiger partial charge in [0.1, 0.15) is 0 Å². The van der Waals surface area contributed by atoms with Crippen LogP contribution < -0.4 is 4.90 Å². The predicted octanol–water partition coefficient (Wildman–Crippen LogP) is 4.92. The summed E-state index contributed by atoms with van der Waals surface area (Å²) in [6, 6.07) is 13.9. The SMILES string of the molecule is Br.CCc1ccc(N(CC(=O)c2ccc([N+](=O)[O-])cc2)C2=NCCCS2)cc1. The van der Waals surface area contributed by atoms with E-state index >= 15 is 0 Å². The topological polar surface area (TPSA) is 75.8 Å². The normalized spacial score (nSPS) is 13.2. The summed E-state index contributed by atoms with van der Waals surface area (Å²) in [4.78, 5) is 29.7. The number of benzene rings is 2. The number of amidine groups is 1. The molecule has 1 heterocycles. The van der Waals surface area contributed by atoms with Crippen LogP contribution in [-0.4, -0.2) is 34.7 Å². The molecular formula is C20H22BrN3O3S. The Kier molecular flexibility index (Phi) is 8.19. The lowest BCUT2D eigenvalue weighted by Crippen LogP contribution is -2.35. The minimum atomic E-state index is -0.469. The quantitative estimate of drug-likeness (QED) is 0.345. The molecule has 0 bridgehead atoms. The number of hydrogen-bond donors (Lipinski definition) is 0. The van der Waals surface area contributed by atoms with E-state index in [9.17, 15) is 14.9 Å². The molecule has 1 aliphatic heterocycles. The Labute approximate surface area is 179 Å². The van der Waals surface area contributed by atoms with Gasteiger partial charge in [-0.25, -0.2) is 0 Å². The number of nitro groups is 1. The summed E-state index contributed by atoms with van der Waals surface area (Å²) < 4.78 is 0. The number of anilines is 1. The fourth-order valence-corrected chi connectivity index (χ4v) is 3.76. The number of carbonyl (C=O) groups excluding carboxylic acids is 1. The molecule has 0 unspecified atom stereocenters. The van der Waals surface area contributed by atoms with E-state index in [1.165, 1.54) is 29.8 Å². The van der Waals surface area contributed by atoms with Gasteiger partial charge in [-0.15, -0.1) is 17.0 Å². The molecule has 28 heavy (non-hydrogen) atoms. The van der Waals surface area contributed by atoms with Crippen LogP contribution in [0.15, 0.2) is 53.5 Å². The van der Waals surface area contributed by atoms with E-state index in [0.29, 0.717) is 5.56 Å². The van der Waals surface area contributed by atoms with Gasteiger partial charge in [-0.1, -0.05) is 30.8 Å². The fourth-order valence-electron chi connectivity index (χ4n) is 2.80. The van der Waals surface area contributed by atoms with Crippen molar-refractivity contribution in [3.8, 4) is 0 Å². The van der Waals surface area contributed by atoms with Crippen molar-refractivity contribution in [3.63, 3.8) is 0 Å². The summed E-state index contributed by atoms with van der Waals surface area (Å²) in [7, 11) is 0. The maximum Gasteiger partial charge on any atom is 0.269 e. The predicted molar refractivity (Wildman–Crippen MR) is 120 cm³/mol. The molecule has 1 aliphatic rings. The monoisotopic (exact) mass is 463 g/mol. The number of thioether (sulfide) groups is 1. The van der Waals surface area contributed by atoms with Crippen LogP contribution in [0.2, 0.25) is 0 Å². The van der Waals surface area contributed by atoms with E-state index in [1.54, 1.807) is 11.8 Å². The second-order valence-electron chi connectivity index (χ2n) is 6.20. The lowest BCUT2D eigenvalue weighted by molar-refractivity contribution is -0.384. The number of nitro benzene ring substituents is 1. The first-order valence-electron chi connectivity index (χ1n) is 8.90. The van der Waals surface area contributed by atoms with Crippen LogP contribution in [0.1, 0.15) is 29.3 Å². The highest BCUT2D eigenvalue weighted by Gasteiger charge is 2.21. The molecule has 3 rings (SSSR count). The number of rotatable bonds is 6. The molecule has 8 heteroatoms. The maximum absolute atomic E-state index is 12.8. The molecule has 0 fully saturated rings. The highest BCUT2D eigenvalue weighted by atomic mass is 79.9. The Morgan fingerprint density at radius 3 is 2.39 bits per heavy atom. The minimum Gasteiger partial charge on any atom is -0.313 e. The molecule has 0 aliphatic carbocycles. The molecule has 6 nitrogen and oxygen atoms in total. The number of Topliss-reactive ketones (excluding diaryl/α,β-unsaturated/α-hetero) is 1. The van der Waals surface area contributed by atoms with Crippen molar-refractivity contribution in [2.24, 2.45) is 4.99 Å². The largest absolute Gasteiger partial charge is 0.313 e. The summed E-state index contributed by atoms with van der Waals surface area (Å²) >= 11 is 1.65. The molecule has 0 radical (unpaired) electrons.